The molecule has 0 aliphatic heterocycles. The number of nitrogens with two attached hydrogens (primary N) is 1. The summed E-state index contributed by atoms with van der Waals surface area (Å²) in [7, 11) is -1.81. The standard InChI is InChI=1S/C23H31Cl2N3O5S/c1-28(19-11-16-10-18(24)13-22(25)21(16)14-19)15-17-12-20(2-3-23(17)29)34(30,31)27-5-7-33-9-8-32-6-4-26/h2-3,10,12-13,19,27,29H,4-9,11,14-15,26H2,1H3/t19-/m1/s1. The lowest BCUT2D eigenvalue weighted by molar-refractivity contribution is 0.0530. The average Bonchev–Trinajstić information content (AvgIpc) is 3.21. The van der Waals surface area contributed by atoms with Crippen LogP contribution in [0.25, 0.3) is 0 Å². The van der Waals surface area contributed by atoms with Crippen LogP contribution in [0.4, 0.5) is 0 Å². The van der Waals surface area contributed by atoms with E-state index in [2.05, 4.69) is 9.62 Å². The highest BCUT2D eigenvalue weighted by Crippen LogP contribution is 2.34. The van der Waals surface area contributed by atoms with Crippen LogP contribution in [0.1, 0.15) is 16.7 Å². The minimum atomic E-state index is -3.75. The summed E-state index contributed by atoms with van der Waals surface area (Å²) >= 11 is 12.5. The summed E-state index contributed by atoms with van der Waals surface area (Å²) in [6.07, 6.45) is 1.54. The number of phenols is 1. The molecular weight excluding hydrogens is 501 g/mol. The van der Waals surface area contributed by atoms with Gasteiger partial charge in [-0.1, -0.05) is 23.2 Å². The molecular formula is C23H31Cl2N3O5S. The normalized spacial score (nSPS) is 15.7. The van der Waals surface area contributed by atoms with Crippen molar-refractivity contribution < 1.29 is 23.0 Å². The summed E-state index contributed by atoms with van der Waals surface area (Å²) in [5.74, 6) is 0.0446. The van der Waals surface area contributed by atoms with Gasteiger partial charge in [0.2, 0.25) is 10.0 Å². The maximum atomic E-state index is 12.7. The molecule has 0 radical (unpaired) electrons. The number of likely N-dealkylation sites (N-methyl/N-ethyl adjacent to an activating group) is 1. The summed E-state index contributed by atoms with van der Waals surface area (Å²) in [5, 5.41) is 11.6. The Morgan fingerprint density at radius 3 is 2.59 bits per heavy atom. The Bertz CT molecular complexity index is 1080. The monoisotopic (exact) mass is 531 g/mol. The third-order valence-electron chi connectivity index (χ3n) is 5.72. The lowest BCUT2D eigenvalue weighted by atomic mass is 10.1. The molecule has 188 valence electrons. The largest absolute Gasteiger partial charge is 0.508 e. The fourth-order valence-corrected chi connectivity index (χ4v) is 5.61. The molecule has 0 amide bonds. The second-order valence-corrected chi connectivity index (χ2v) is 10.8. The molecule has 0 aromatic heterocycles. The van der Waals surface area contributed by atoms with Crippen molar-refractivity contribution >= 4 is 33.2 Å². The van der Waals surface area contributed by atoms with Crippen LogP contribution in [0.3, 0.4) is 0 Å². The topological polar surface area (TPSA) is 114 Å². The Labute approximate surface area is 211 Å². The fourth-order valence-electron chi connectivity index (χ4n) is 3.93. The van der Waals surface area contributed by atoms with Gasteiger partial charge in [0.1, 0.15) is 5.75 Å². The maximum absolute atomic E-state index is 12.7. The number of nitrogens with one attached hydrogen (secondary N) is 1. The van der Waals surface area contributed by atoms with Gasteiger partial charge >= 0.3 is 0 Å². The van der Waals surface area contributed by atoms with Gasteiger partial charge < -0.3 is 20.3 Å². The maximum Gasteiger partial charge on any atom is 0.240 e. The summed E-state index contributed by atoms with van der Waals surface area (Å²) in [4.78, 5) is 2.17. The van der Waals surface area contributed by atoms with E-state index in [4.69, 9.17) is 38.4 Å². The van der Waals surface area contributed by atoms with Crippen LogP contribution in [-0.4, -0.2) is 71.0 Å². The number of ether oxygens (including phenoxy) is 2. The minimum Gasteiger partial charge on any atom is -0.508 e. The highest BCUT2D eigenvalue weighted by Gasteiger charge is 2.28. The molecule has 0 saturated carbocycles. The number of nitrogens with zero attached hydrogens (tertiary/aromatic N) is 1. The Hall–Kier alpha value is -1.43. The van der Waals surface area contributed by atoms with Gasteiger partial charge in [0.05, 0.1) is 31.3 Å². The number of benzene rings is 2. The average molecular weight is 532 g/mol. The molecule has 4 N–H and O–H groups in total. The lowest BCUT2D eigenvalue weighted by Crippen LogP contribution is -2.32. The third-order valence-corrected chi connectivity index (χ3v) is 7.74. The highest BCUT2D eigenvalue weighted by atomic mass is 35.5. The molecule has 11 heteroatoms. The molecule has 0 spiro atoms. The van der Waals surface area contributed by atoms with Crippen LogP contribution >= 0.6 is 23.2 Å². The third kappa shape index (κ3) is 7.29. The van der Waals surface area contributed by atoms with Crippen molar-refractivity contribution in [2.45, 2.75) is 30.3 Å². The molecule has 2 aromatic carbocycles. The summed E-state index contributed by atoms with van der Waals surface area (Å²) in [5.41, 5.74) is 8.06. The molecule has 0 heterocycles. The first-order chi connectivity index (χ1) is 16.2. The van der Waals surface area contributed by atoms with Crippen molar-refractivity contribution in [3.8, 4) is 5.75 Å². The van der Waals surface area contributed by atoms with Crippen LogP contribution in [0.2, 0.25) is 10.0 Å². The zero-order valence-electron chi connectivity index (χ0n) is 19.1. The first-order valence-corrected chi connectivity index (χ1v) is 13.3. The predicted octanol–water partition coefficient (Wildman–Crippen LogP) is 2.57. The smallest absolute Gasteiger partial charge is 0.240 e. The number of hydrogen-bond acceptors (Lipinski definition) is 7. The SMILES string of the molecule is CN(Cc1cc(S(=O)(=O)NCCOCCOCCN)ccc1O)[C@@H]1Cc2cc(Cl)cc(Cl)c2C1. The Morgan fingerprint density at radius 1 is 1.12 bits per heavy atom. The van der Waals surface area contributed by atoms with Crippen LogP contribution < -0.4 is 10.5 Å². The van der Waals surface area contributed by atoms with Crippen LogP contribution in [0.5, 0.6) is 5.75 Å². The lowest BCUT2D eigenvalue weighted by Gasteiger charge is -2.24. The number of phenolic OH excluding ortho intramolecular Hbond substituents is 1. The number of sulfonamides is 1. The molecule has 1 aliphatic rings. The van der Waals surface area contributed by atoms with Gasteiger partial charge in [-0.05, 0) is 61.3 Å². The Morgan fingerprint density at radius 2 is 1.85 bits per heavy atom. The minimum absolute atomic E-state index is 0.0446. The molecule has 1 atom stereocenters. The zero-order valence-corrected chi connectivity index (χ0v) is 21.4. The van der Waals surface area contributed by atoms with Gasteiger partial charge in [-0.25, -0.2) is 13.1 Å². The molecule has 0 saturated heterocycles. The van der Waals surface area contributed by atoms with E-state index in [1.165, 1.54) is 18.2 Å². The first kappa shape index (κ1) is 27.2. The summed E-state index contributed by atoms with van der Waals surface area (Å²) in [6, 6.07) is 8.14. The molecule has 0 bridgehead atoms. The second kappa shape index (κ2) is 12.5. The summed E-state index contributed by atoms with van der Waals surface area (Å²) in [6.45, 7) is 2.40. The van der Waals surface area contributed by atoms with Crippen LogP contribution in [0, 0.1) is 0 Å². The van der Waals surface area contributed by atoms with Gasteiger partial charge in [0, 0.05) is 41.3 Å². The van der Waals surface area contributed by atoms with E-state index in [9.17, 15) is 13.5 Å². The van der Waals surface area contributed by atoms with E-state index >= 15 is 0 Å². The summed E-state index contributed by atoms with van der Waals surface area (Å²) < 4.78 is 38.5. The molecule has 0 fully saturated rings. The van der Waals surface area contributed by atoms with Gasteiger partial charge in [-0.3, -0.25) is 4.90 Å². The van der Waals surface area contributed by atoms with E-state index in [1.54, 1.807) is 6.07 Å². The number of fused-ring (bicyclic) bond motifs is 1. The molecule has 3 rings (SSSR count). The fraction of sp³-hybridized carbons (Fsp3) is 0.478. The van der Waals surface area contributed by atoms with Gasteiger partial charge in [0.25, 0.3) is 0 Å². The second-order valence-electron chi connectivity index (χ2n) is 8.20. The molecule has 8 nitrogen and oxygen atoms in total. The van der Waals surface area contributed by atoms with E-state index in [-0.39, 0.29) is 29.8 Å². The van der Waals surface area contributed by atoms with Crippen molar-refractivity contribution in [1.29, 1.82) is 0 Å². The van der Waals surface area contributed by atoms with Crippen molar-refractivity contribution in [2.24, 2.45) is 5.73 Å². The highest BCUT2D eigenvalue weighted by molar-refractivity contribution is 7.89. The molecule has 34 heavy (non-hydrogen) atoms. The number of aromatic hydroxyl groups is 1. The van der Waals surface area contributed by atoms with Crippen LogP contribution in [0.15, 0.2) is 35.2 Å². The Balaban J connectivity index is 1.56. The number of halogens is 2. The van der Waals surface area contributed by atoms with Gasteiger partial charge in [-0.15, -0.1) is 0 Å². The van der Waals surface area contributed by atoms with Crippen molar-refractivity contribution in [3.05, 3.63) is 57.1 Å². The van der Waals surface area contributed by atoms with Crippen molar-refractivity contribution in [1.82, 2.24) is 9.62 Å². The van der Waals surface area contributed by atoms with E-state index in [0.717, 1.165) is 24.0 Å². The van der Waals surface area contributed by atoms with Gasteiger partial charge in [0.15, 0.2) is 0 Å². The zero-order chi connectivity index (χ0) is 24.7. The van der Waals surface area contributed by atoms with E-state index in [1.807, 2.05) is 13.1 Å². The number of rotatable bonds is 13. The Kier molecular flexibility index (Phi) is 9.99. The van der Waals surface area contributed by atoms with Crippen molar-refractivity contribution in [2.75, 3.05) is 46.6 Å². The van der Waals surface area contributed by atoms with Crippen molar-refractivity contribution in [3.63, 3.8) is 0 Å². The van der Waals surface area contributed by atoms with E-state index < -0.39 is 10.0 Å². The molecule has 2 aromatic rings. The van der Waals surface area contributed by atoms with Crippen LogP contribution in [-0.2, 0) is 38.9 Å². The quantitative estimate of drug-likeness (QED) is 0.340. The number of hydrogen-bond donors (Lipinski definition) is 3. The first-order valence-electron chi connectivity index (χ1n) is 11.1. The van der Waals surface area contributed by atoms with Gasteiger partial charge in [-0.2, -0.15) is 0 Å². The predicted molar refractivity (Wildman–Crippen MR) is 133 cm³/mol. The molecule has 1 aliphatic carbocycles. The van der Waals surface area contributed by atoms with E-state index in [0.29, 0.717) is 48.5 Å². The molecule has 0 unspecified atom stereocenters.